The van der Waals surface area contributed by atoms with Crippen molar-refractivity contribution >= 4 is 5.91 Å². The van der Waals surface area contributed by atoms with Gasteiger partial charge in [-0.25, -0.2) is 0 Å². The van der Waals surface area contributed by atoms with Gasteiger partial charge >= 0.3 is 0 Å². The number of likely N-dealkylation sites (tertiary alicyclic amines) is 1. The second-order valence-corrected chi connectivity index (χ2v) is 6.68. The summed E-state index contributed by atoms with van der Waals surface area (Å²) in [6.07, 6.45) is 8.34. The summed E-state index contributed by atoms with van der Waals surface area (Å²) in [7, 11) is 0. The van der Waals surface area contributed by atoms with Gasteiger partial charge in [-0.15, -0.1) is 0 Å². The van der Waals surface area contributed by atoms with E-state index in [2.05, 4.69) is 16.9 Å². The molecule has 1 amide bonds. The van der Waals surface area contributed by atoms with Crippen LogP contribution in [0.5, 0.6) is 5.75 Å². The Morgan fingerprint density at radius 2 is 2.25 bits per heavy atom. The second kappa shape index (κ2) is 6.23. The third kappa shape index (κ3) is 2.86. The van der Waals surface area contributed by atoms with E-state index in [1.165, 1.54) is 0 Å². The molecule has 1 aromatic carbocycles. The molecule has 5 nitrogen and oxygen atoms in total. The molecule has 0 spiro atoms. The molecule has 2 unspecified atom stereocenters. The minimum Gasteiger partial charge on any atom is -0.490 e. The van der Waals surface area contributed by atoms with E-state index in [9.17, 15) is 4.79 Å². The Bertz CT molecular complexity index is 748. The van der Waals surface area contributed by atoms with E-state index < -0.39 is 0 Å². The number of aromatic nitrogens is 2. The van der Waals surface area contributed by atoms with E-state index in [-0.39, 0.29) is 17.9 Å². The Morgan fingerprint density at radius 3 is 3.08 bits per heavy atom. The van der Waals surface area contributed by atoms with Crippen LogP contribution in [0.25, 0.3) is 0 Å². The normalized spacial score (nSPS) is 22.8. The average Bonchev–Trinajstić information content (AvgIpc) is 3.01. The van der Waals surface area contributed by atoms with Gasteiger partial charge in [0.2, 0.25) is 0 Å². The molecule has 2 aliphatic rings. The molecule has 0 N–H and O–H groups in total. The standard InChI is InChI=1S/C19H21N3O2/c1-13-9-16-10-14(4-5-18(16)24-13)19(23)22-8-2-3-15(12-22)17-11-20-6-7-21-17/h4-7,10-11,13,15H,2-3,8-9,12H2,1H3. The quantitative estimate of drug-likeness (QED) is 0.853. The maximum Gasteiger partial charge on any atom is 0.253 e. The number of fused-ring (bicyclic) bond motifs is 1. The molecule has 5 heteroatoms. The molecule has 0 bridgehead atoms. The van der Waals surface area contributed by atoms with Gasteiger partial charge in [0.25, 0.3) is 5.91 Å². The first-order valence-electron chi connectivity index (χ1n) is 8.55. The highest BCUT2D eigenvalue weighted by atomic mass is 16.5. The van der Waals surface area contributed by atoms with Gasteiger partial charge in [-0.3, -0.25) is 14.8 Å². The van der Waals surface area contributed by atoms with Crippen molar-refractivity contribution in [2.45, 2.75) is 38.2 Å². The number of hydrogen-bond acceptors (Lipinski definition) is 4. The fraction of sp³-hybridized carbons (Fsp3) is 0.421. The summed E-state index contributed by atoms with van der Waals surface area (Å²) in [4.78, 5) is 23.4. The number of ether oxygens (including phenoxy) is 1. The van der Waals surface area contributed by atoms with Crippen molar-refractivity contribution in [3.05, 3.63) is 53.6 Å². The van der Waals surface area contributed by atoms with Crippen molar-refractivity contribution in [2.75, 3.05) is 13.1 Å². The van der Waals surface area contributed by atoms with Crippen LogP contribution in [-0.2, 0) is 6.42 Å². The summed E-state index contributed by atoms with van der Waals surface area (Å²) in [5.41, 5.74) is 2.87. The van der Waals surface area contributed by atoms with Crippen LogP contribution in [0, 0.1) is 0 Å². The molecule has 1 saturated heterocycles. The smallest absolute Gasteiger partial charge is 0.253 e. The van der Waals surface area contributed by atoms with Gasteiger partial charge in [-0.05, 0) is 43.5 Å². The van der Waals surface area contributed by atoms with E-state index in [0.717, 1.165) is 48.4 Å². The van der Waals surface area contributed by atoms with Crippen molar-refractivity contribution in [3.63, 3.8) is 0 Å². The van der Waals surface area contributed by atoms with Crippen molar-refractivity contribution in [3.8, 4) is 5.75 Å². The Labute approximate surface area is 141 Å². The average molecular weight is 323 g/mol. The zero-order valence-electron chi connectivity index (χ0n) is 13.8. The number of carbonyl (C=O) groups is 1. The molecule has 2 atom stereocenters. The first-order valence-corrected chi connectivity index (χ1v) is 8.55. The molecule has 3 heterocycles. The lowest BCUT2D eigenvalue weighted by molar-refractivity contribution is 0.0705. The lowest BCUT2D eigenvalue weighted by Gasteiger charge is -2.32. The van der Waals surface area contributed by atoms with Crippen LogP contribution in [0.2, 0.25) is 0 Å². The van der Waals surface area contributed by atoms with Crippen LogP contribution in [0.1, 0.15) is 47.3 Å². The summed E-state index contributed by atoms with van der Waals surface area (Å²) in [5, 5.41) is 0. The number of hydrogen-bond donors (Lipinski definition) is 0. The monoisotopic (exact) mass is 323 g/mol. The van der Waals surface area contributed by atoms with E-state index in [0.29, 0.717) is 6.54 Å². The molecule has 2 aromatic rings. The Balaban J connectivity index is 1.51. The molecule has 24 heavy (non-hydrogen) atoms. The first kappa shape index (κ1) is 15.1. The lowest BCUT2D eigenvalue weighted by atomic mass is 9.94. The highest BCUT2D eigenvalue weighted by Gasteiger charge is 2.27. The number of piperidine rings is 1. The zero-order valence-corrected chi connectivity index (χ0v) is 13.8. The van der Waals surface area contributed by atoms with Crippen LogP contribution in [-0.4, -0.2) is 40.0 Å². The van der Waals surface area contributed by atoms with Gasteiger partial charge in [-0.1, -0.05) is 0 Å². The molecule has 1 aromatic heterocycles. The van der Waals surface area contributed by atoms with Gasteiger partial charge in [-0.2, -0.15) is 0 Å². The number of nitrogens with zero attached hydrogens (tertiary/aromatic N) is 3. The van der Waals surface area contributed by atoms with E-state index in [4.69, 9.17) is 4.74 Å². The zero-order chi connectivity index (χ0) is 16.5. The minimum absolute atomic E-state index is 0.103. The third-order valence-corrected chi connectivity index (χ3v) is 4.85. The highest BCUT2D eigenvalue weighted by molar-refractivity contribution is 5.94. The molecule has 4 rings (SSSR count). The van der Waals surface area contributed by atoms with Crippen LogP contribution >= 0.6 is 0 Å². The molecule has 2 aliphatic heterocycles. The summed E-state index contributed by atoms with van der Waals surface area (Å²) in [6, 6.07) is 5.80. The summed E-state index contributed by atoms with van der Waals surface area (Å²) >= 11 is 0. The SMILES string of the molecule is CC1Cc2cc(C(=O)N3CCCC(c4cnccn4)C3)ccc2O1. The second-order valence-electron chi connectivity index (χ2n) is 6.68. The molecule has 0 saturated carbocycles. The van der Waals surface area contributed by atoms with Crippen molar-refractivity contribution in [2.24, 2.45) is 0 Å². The van der Waals surface area contributed by atoms with Gasteiger partial charge in [0, 0.05) is 49.6 Å². The predicted molar refractivity (Wildman–Crippen MR) is 90.1 cm³/mol. The number of benzene rings is 1. The first-order chi connectivity index (χ1) is 11.7. The summed E-state index contributed by atoms with van der Waals surface area (Å²) < 4.78 is 5.72. The molecule has 1 fully saturated rings. The van der Waals surface area contributed by atoms with Crippen LogP contribution < -0.4 is 4.74 Å². The summed E-state index contributed by atoms with van der Waals surface area (Å²) in [6.45, 7) is 3.57. The largest absolute Gasteiger partial charge is 0.490 e. The fourth-order valence-corrected chi connectivity index (χ4v) is 3.66. The minimum atomic E-state index is 0.103. The van der Waals surface area contributed by atoms with E-state index in [1.54, 1.807) is 12.4 Å². The van der Waals surface area contributed by atoms with Crippen molar-refractivity contribution in [1.82, 2.24) is 14.9 Å². The van der Waals surface area contributed by atoms with Crippen molar-refractivity contribution < 1.29 is 9.53 Å². The fourth-order valence-electron chi connectivity index (χ4n) is 3.66. The molecule has 124 valence electrons. The van der Waals surface area contributed by atoms with E-state index >= 15 is 0 Å². The molecule has 0 aliphatic carbocycles. The molecular weight excluding hydrogens is 302 g/mol. The van der Waals surface area contributed by atoms with Gasteiger partial charge in [0.15, 0.2) is 0 Å². The maximum atomic E-state index is 12.9. The number of amides is 1. The van der Waals surface area contributed by atoms with Gasteiger partial charge in [0.1, 0.15) is 11.9 Å². The van der Waals surface area contributed by atoms with Crippen LogP contribution in [0.4, 0.5) is 0 Å². The predicted octanol–water partition coefficient (Wildman–Crippen LogP) is 2.82. The van der Waals surface area contributed by atoms with Crippen LogP contribution in [0.15, 0.2) is 36.8 Å². The number of rotatable bonds is 2. The molecule has 0 radical (unpaired) electrons. The number of carbonyl (C=O) groups excluding carboxylic acids is 1. The lowest BCUT2D eigenvalue weighted by Crippen LogP contribution is -2.39. The van der Waals surface area contributed by atoms with Crippen molar-refractivity contribution in [1.29, 1.82) is 0 Å². The van der Waals surface area contributed by atoms with Gasteiger partial charge < -0.3 is 9.64 Å². The highest BCUT2D eigenvalue weighted by Crippen LogP contribution is 2.31. The Morgan fingerprint density at radius 1 is 1.33 bits per heavy atom. The summed E-state index contributed by atoms with van der Waals surface area (Å²) in [5.74, 6) is 1.29. The Hall–Kier alpha value is -2.43. The Kier molecular flexibility index (Phi) is 3.92. The topological polar surface area (TPSA) is 55.3 Å². The third-order valence-electron chi connectivity index (χ3n) is 4.85. The van der Waals surface area contributed by atoms with Crippen LogP contribution in [0.3, 0.4) is 0 Å². The molecular formula is C19H21N3O2. The van der Waals surface area contributed by atoms with Gasteiger partial charge in [0.05, 0.1) is 5.69 Å². The van der Waals surface area contributed by atoms with E-state index in [1.807, 2.05) is 29.3 Å². The maximum absolute atomic E-state index is 12.9.